The number of hydrogen-bond donors (Lipinski definition) is 2. The topological polar surface area (TPSA) is 101 Å². The lowest BCUT2D eigenvalue weighted by atomic mass is 10.2. The molecule has 0 radical (unpaired) electrons. The van der Waals surface area contributed by atoms with Gasteiger partial charge in [0.15, 0.2) is 0 Å². The van der Waals surface area contributed by atoms with Gasteiger partial charge in [0, 0.05) is 18.1 Å². The number of nitrogens with one attached hydrogen (secondary N) is 2. The Morgan fingerprint density at radius 1 is 1.37 bits per heavy atom. The second kappa shape index (κ2) is 6.69. The summed E-state index contributed by atoms with van der Waals surface area (Å²) >= 11 is 5.62. The molecule has 0 saturated heterocycles. The van der Waals surface area contributed by atoms with Gasteiger partial charge in [-0.3, -0.25) is 30.6 Å². The van der Waals surface area contributed by atoms with Crippen LogP contribution in [-0.4, -0.2) is 16.7 Å². The number of carbonyl (C=O) groups excluding carboxylic acids is 2. The number of benzene rings is 1. The molecular formula is C11H12ClN3O4. The summed E-state index contributed by atoms with van der Waals surface area (Å²) in [6, 6.07) is 3.63. The van der Waals surface area contributed by atoms with E-state index >= 15 is 0 Å². The highest BCUT2D eigenvalue weighted by Crippen LogP contribution is 2.24. The SMILES string of the molecule is CCCC(=O)NNC(=O)c1ccc(Cl)c([N+](=O)[O-])c1. The van der Waals surface area contributed by atoms with E-state index in [-0.39, 0.29) is 28.6 Å². The molecule has 0 aliphatic carbocycles. The van der Waals surface area contributed by atoms with Crippen molar-refractivity contribution in [1.82, 2.24) is 10.9 Å². The van der Waals surface area contributed by atoms with Crippen molar-refractivity contribution in [1.29, 1.82) is 0 Å². The molecule has 2 amide bonds. The summed E-state index contributed by atoms with van der Waals surface area (Å²) in [5.74, 6) is -0.983. The minimum Gasteiger partial charge on any atom is -0.273 e. The third-order valence-corrected chi connectivity index (χ3v) is 2.52. The monoisotopic (exact) mass is 285 g/mol. The molecule has 8 heteroatoms. The van der Waals surface area contributed by atoms with E-state index in [9.17, 15) is 19.7 Å². The number of carbonyl (C=O) groups is 2. The Bertz CT molecular complexity index is 519. The van der Waals surface area contributed by atoms with Crippen molar-refractivity contribution in [3.63, 3.8) is 0 Å². The number of hydrogen-bond acceptors (Lipinski definition) is 4. The molecule has 2 N–H and O–H groups in total. The largest absolute Gasteiger partial charge is 0.288 e. The Kier molecular flexibility index (Phi) is 5.25. The second-order valence-electron chi connectivity index (χ2n) is 3.68. The van der Waals surface area contributed by atoms with Crippen LogP contribution >= 0.6 is 11.6 Å². The van der Waals surface area contributed by atoms with Gasteiger partial charge < -0.3 is 0 Å². The summed E-state index contributed by atoms with van der Waals surface area (Å²) in [6.07, 6.45) is 0.926. The molecule has 0 unspecified atom stereocenters. The zero-order valence-electron chi connectivity index (χ0n) is 10.1. The van der Waals surface area contributed by atoms with Crippen molar-refractivity contribution in [2.75, 3.05) is 0 Å². The van der Waals surface area contributed by atoms with E-state index in [1.807, 2.05) is 6.92 Å². The number of halogens is 1. The maximum Gasteiger partial charge on any atom is 0.288 e. The van der Waals surface area contributed by atoms with Gasteiger partial charge in [0.1, 0.15) is 5.02 Å². The van der Waals surface area contributed by atoms with Crippen LogP contribution < -0.4 is 10.9 Å². The first-order chi connectivity index (χ1) is 8.95. The Hall–Kier alpha value is -2.15. The maximum atomic E-state index is 11.6. The predicted octanol–water partition coefficient (Wildman–Crippen LogP) is 1.81. The fourth-order valence-corrected chi connectivity index (χ4v) is 1.47. The van der Waals surface area contributed by atoms with Crippen LogP contribution in [0.3, 0.4) is 0 Å². The molecule has 0 atom stereocenters. The lowest BCUT2D eigenvalue weighted by Crippen LogP contribution is -2.41. The van der Waals surface area contributed by atoms with Crippen molar-refractivity contribution < 1.29 is 14.5 Å². The maximum absolute atomic E-state index is 11.6. The lowest BCUT2D eigenvalue weighted by Gasteiger charge is -2.06. The zero-order chi connectivity index (χ0) is 14.4. The Morgan fingerprint density at radius 2 is 2.05 bits per heavy atom. The van der Waals surface area contributed by atoms with E-state index in [0.29, 0.717) is 6.42 Å². The fourth-order valence-electron chi connectivity index (χ4n) is 1.28. The van der Waals surface area contributed by atoms with Gasteiger partial charge >= 0.3 is 0 Å². The van der Waals surface area contributed by atoms with Crippen molar-refractivity contribution >= 4 is 29.1 Å². The average Bonchev–Trinajstić information content (AvgIpc) is 2.36. The standard InChI is InChI=1S/C11H12ClN3O4/c1-2-3-10(16)13-14-11(17)7-4-5-8(12)9(6-7)15(18)19/h4-6H,2-3H2,1H3,(H,13,16)(H,14,17). The molecule has 0 aliphatic rings. The molecule has 1 aromatic carbocycles. The number of hydrazine groups is 1. The molecule has 0 aromatic heterocycles. The van der Waals surface area contributed by atoms with E-state index in [1.165, 1.54) is 12.1 Å². The predicted molar refractivity (Wildman–Crippen MR) is 68.6 cm³/mol. The van der Waals surface area contributed by atoms with Crippen molar-refractivity contribution in [3.05, 3.63) is 38.9 Å². The van der Waals surface area contributed by atoms with Gasteiger partial charge in [-0.05, 0) is 18.6 Å². The number of nitro groups is 1. The highest BCUT2D eigenvalue weighted by molar-refractivity contribution is 6.32. The fraction of sp³-hybridized carbons (Fsp3) is 0.273. The molecule has 102 valence electrons. The number of rotatable bonds is 4. The Balaban J connectivity index is 2.75. The van der Waals surface area contributed by atoms with Gasteiger partial charge in [0.25, 0.3) is 11.6 Å². The minimum absolute atomic E-state index is 0.0351. The summed E-state index contributed by atoms with van der Waals surface area (Å²) in [4.78, 5) is 32.8. The molecule has 7 nitrogen and oxygen atoms in total. The molecule has 0 fully saturated rings. The number of nitrogens with zero attached hydrogens (tertiary/aromatic N) is 1. The first-order valence-electron chi connectivity index (χ1n) is 5.48. The summed E-state index contributed by atoms with van der Waals surface area (Å²) in [6.45, 7) is 1.82. The van der Waals surface area contributed by atoms with Gasteiger partial charge in [0.05, 0.1) is 4.92 Å². The molecule has 0 spiro atoms. The van der Waals surface area contributed by atoms with Crippen molar-refractivity contribution in [3.8, 4) is 0 Å². The second-order valence-corrected chi connectivity index (χ2v) is 4.08. The van der Waals surface area contributed by atoms with Gasteiger partial charge in [-0.15, -0.1) is 0 Å². The van der Waals surface area contributed by atoms with Crippen LogP contribution in [0.1, 0.15) is 30.1 Å². The molecule has 0 heterocycles. The van der Waals surface area contributed by atoms with Crippen LogP contribution in [0.25, 0.3) is 0 Å². The highest BCUT2D eigenvalue weighted by Gasteiger charge is 2.16. The summed E-state index contributed by atoms with van der Waals surface area (Å²) < 4.78 is 0. The molecule has 19 heavy (non-hydrogen) atoms. The highest BCUT2D eigenvalue weighted by atomic mass is 35.5. The molecule has 1 aromatic rings. The number of amides is 2. The minimum atomic E-state index is -0.686. The van der Waals surface area contributed by atoms with E-state index in [0.717, 1.165) is 6.07 Å². The summed E-state index contributed by atoms with van der Waals surface area (Å²) in [7, 11) is 0. The Morgan fingerprint density at radius 3 is 2.63 bits per heavy atom. The van der Waals surface area contributed by atoms with E-state index in [2.05, 4.69) is 10.9 Å². The average molecular weight is 286 g/mol. The van der Waals surface area contributed by atoms with Crippen LogP contribution in [0, 0.1) is 10.1 Å². The van der Waals surface area contributed by atoms with Crippen molar-refractivity contribution in [2.45, 2.75) is 19.8 Å². The number of nitro benzene ring substituents is 1. The molecule has 1 rings (SSSR count). The van der Waals surface area contributed by atoms with Crippen molar-refractivity contribution in [2.24, 2.45) is 0 Å². The van der Waals surface area contributed by atoms with E-state index < -0.39 is 10.8 Å². The molecule has 0 aliphatic heterocycles. The lowest BCUT2D eigenvalue weighted by molar-refractivity contribution is -0.384. The first-order valence-corrected chi connectivity index (χ1v) is 5.86. The summed E-state index contributed by atoms with van der Waals surface area (Å²) in [5, 5.41) is 10.6. The molecular weight excluding hydrogens is 274 g/mol. The smallest absolute Gasteiger partial charge is 0.273 e. The van der Waals surface area contributed by atoms with Gasteiger partial charge in [-0.1, -0.05) is 18.5 Å². The normalized spacial score (nSPS) is 9.79. The van der Waals surface area contributed by atoms with E-state index in [4.69, 9.17) is 11.6 Å². The van der Waals surface area contributed by atoms with Crippen LogP contribution in [0.4, 0.5) is 5.69 Å². The third-order valence-electron chi connectivity index (χ3n) is 2.20. The molecule has 0 saturated carbocycles. The van der Waals surface area contributed by atoms with Crippen LogP contribution in [0.2, 0.25) is 5.02 Å². The Labute approximate surface area is 114 Å². The van der Waals surface area contributed by atoms with Gasteiger partial charge in [0.2, 0.25) is 5.91 Å². The quantitative estimate of drug-likeness (QED) is 0.650. The first kappa shape index (κ1) is 14.9. The van der Waals surface area contributed by atoms with Gasteiger partial charge in [-0.25, -0.2) is 0 Å². The third kappa shape index (κ3) is 4.22. The summed E-state index contributed by atoms with van der Waals surface area (Å²) in [5.41, 5.74) is 4.04. The van der Waals surface area contributed by atoms with E-state index in [1.54, 1.807) is 0 Å². The van der Waals surface area contributed by atoms with Crippen LogP contribution in [-0.2, 0) is 4.79 Å². The zero-order valence-corrected chi connectivity index (χ0v) is 10.9. The van der Waals surface area contributed by atoms with Gasteiger partial charge in [-0.2, -0.15) is 0 Å². The van der Waals surface area contributed by atoms with Crippen LogP contribution in [0.5, 0.6) is 0 Å². The van der Waals surface area contributed by atoms with Crippen LogP contribution in [0.15, 0.2) is 18.2 Å². The molecule has 0 bridgehead atoms.